The van der Waals surface area contributed by atoms with E-state index in [4.69, 9.17) is 21.3 Å². The van der Waals surface area contributed by atoms with Crippen LogP contribution >= 0.6 is 22.9 Å². The molecule has 1 fully saturated rings. The van der Waals surface area contributed by atoms with Crippen molar-refractivity contribution in [1.82, 2.24) is 4.98 Å². The van der Waals surface area contributed by atoms with Crippen LogP contribution in [0.4, 0.5) is 0 Å². The zero-order valence-corrected chi connectivity index (χ0v) is 17.0. The first-order valence-electron chi connectivity index (χ1n) is 8.82. The van der Waals surface area contributed by atoms with Gasteiger partial charge in [-0.3, -0.25) is 0 Å². The van der Waals surface area contributed by atoms with Crippen LogP contribution in [-0.2, 0) is 5.41 Å². The van der Waals surface area contributed by atoms with Gasteiger partial charge in [0, 0.05) is 15.9 Å². The predicted octanol–water partition coefficient (Wildman–Crippen LogP) is 6.04. The van der Waals surface area contributed by atoms with E-state index in [-0.39, 0.29) is 5.41 Å². The fourth-order valence-corrected chi connectivity index (χ4v) is 5.07. The van der Waals surface area contributed by atoms with Crippen LogP contribution in [0.15, 0.2) is 36.4 Å². The lowest BCUT2D eigenvalue weighted by Crippen LogP contribution is -2.10. The first-order valence-corrected chi connectivity index (χ1v) is 10.0. The Balaban J connectivity index is 1.82. The number of halogens is 1. The van der Waals surface area contributed by atoms with Crippen molar-refractivity contribution < 1.29 is 4.74 Å². The first kappa shape index (κ1) is 18.0. The normalized spacial score (nSPS) is 14.6. The molecular weight excluding hydrogens is 376 g/mol. The Morgan fingerprint density at radius 3 is 2.63 bits per heavy atom. The van der Waals surface area contributed by atoms with Crippen LogP contribution in [-0.4, -0.2) is 12.1 Å². The minimum absolute atomic E-state index is 0.131. The summed E-state index contributed by atoms with van der Waals surface area (Å²) >= 11 is 8.24. The molecule has 5 heteroatoms. The number of aromatic nitrogens is 1. The van der Waals surface area contributed by atoms with Gasteiger partial charge in [-0.15, -0.1) is 11.3 Å². The Labute approximate surface area is 168 Å². The van der Waals surface area contributed by atoms with Crippen LogP contribution in [0.1, 0.15) is 39.4 Å². The highest BCUT2D eigenvalue weighted by Crippen LogP contribution is 2.56. The summed E-state index contributed by atoms with van der Waals surface area (Å²) in [7, 11) is 1.65. The molecule has 1 aliphatic rings. The highest BCUT2D eigenvalue weighted by Gasteiger charge is 2.50. The Kier molecular flexibility index (Phi) is 4.46. The van der Waals surface area contributed by atoms with E-state index in [9.17, 15) is 5.26 Å². The number of hydrogen-bond donors (Lipinski definition) is 0. The van der Waals surface area contributed by atoms with E-state index in [0.29, 0.717) is 5.02 Å². The summed E-state index contributed by atoms with van der Waals surface area (Å²) < 4.78 is 5.37. The largest absolute Gasteiger partial charge is 0.496 e. The average molecular weight is 395 g/mol. The third-order valence-electron chi connectivity index (χ3n) is 5.26. The molecule has 1 aromatic heterocycles. The number of aryl methyl sites for hydroxylation is 2. The standard InChI is InChI=1S/C22H19ClN2OS/c1-13-10-16(18(23)11-19(13)26-3)20-14(2)27-21(25-20)22(8-9-22)17-7-5-4-6-15(17)12-24/h4-7,10-11H,8-9H2,1-3H3. The molecule has 4 rings (SSSR count). The summed E-state index contributed by atoms with van der Waals surface area (Å²) in [6.07, 6.45) is 2.04. The second-order valence-corrected chi connectivity index (χ2v) is 8.58. The highest BCUT2D eigenvalue weighted by atomic mass is 35.5. The first-order chi connectivity index (χ1) is 13.0. The Morgan fingerprint density at radius 2 is 1.96 bits per heavy atom. The van der Waals surface area contributed by atoms with Gasteiger partial charge in [0.15, 0.2) is 0 Å². The zero-order chi connectivity index (χ0) is 19.2. The maximum Gasteiger partial charge on any atom is 0.123 e. The number of rotatable bonds is 4. The van der Waals surface area contributed by atoms with E-state index in [1.165, 1.54) is 0 Å². The molecule has 0 radical (unpaired) electrons. The smallest absolute Gasteiger partial charge is 0.123 e. The number of benzene rings is 2. The van der Waals surface area contributed by atoms with Crippen molar-refractivity contribution in [2.45, 2.75) is 32.1 Å². The molecule has 1 saturated carbocycles. The number of thiazole rings is 1. The van der Waals surface area contributed by atoms with E-state index in [1.54, 1.807) is 18.4 Å². The second kappa shape index (κ2) is 6.67. The quantitative estimate of drug-likeness (QED) is 0.541. The summed E-state index contributed by atoms with van der Waals surface area (Å²) in [6.45, 7) is 4.09. The summed E-state index contributed by atoms with van der Waals surface area (Å²) in [5.41, 5.74) is 4.58. The van der Waals surface area contributed by atoms with Crippen LogP contribution in [0.25, 0.3) is 11.3 Å². The number of nitrogens with zero attached hydrogens (tertiary/aromatic N) is 2. The Bertz CT molecular complexity index is 1080. The Hall–Kier alpha value is -2.35. The number of nitriles is 1. The second-order valence-electron chi connectivity index (χ2n) is 6.96. The molecule has 1 aliphatic carbocycles. The van der Waals surface area contributed by atoms with E-state index in [2.05, 4.69) is 19.1 Å². The lowest BCUT2D eigenvalue weighted by molar-refractivity contribution is 0.412. The van der Waals surface area contributed by atoms with E-state index >= 15 is 0 Å². The van der Waals surface area contributed by atoms with Gasteiger partial charge in [-0.2, -0.15) is 5.26 Å². The molecule has 2 aromatic carbocycles. The summed E-state index contributed by atoms with van der Waals surface area (Å²) in [5.74, 6) is 0.776. The average Bonchev–Trinajstić information content (AvgIpc) is 3.40. The molecule has 0 N–H and O–H groups in total. The minimum Gasteiger partial charge on any atom is -0.496 e. The molecule has 3 aromatic rings. The monoisotopic (exact) mass is 394 g/mol. The maximum absolute atomic E-state index is 9.51. The topological polar surface area (TPSA) is 45.9 Å². The van der Waals surface area contributed by atoms with Crippen molar-refractivity contribution in [3.05, 3.63) is 68.0 Å². The SMILES string of the molecule is COc1cc(Cl)c(-c2nc(C3(c4ccccc4C#N)CC3)sc2C)cc1C. The third kappa shape index (κ3) is 2.92. The molecule has 136 valence electrons. The molecule has 1 heterocycles. The van der Waals surface area contributed by atoms with Crippen LogP contribution < -0.4 is 4.74 Å². The molecule has 0 spiro atoms. The molecule has 0 aliphatic heterocycles. The van der Waals surface area contributed by atoms with E-state index in [1.807, 2.05) is 37.3 Å². The van der Waals surface area contributed by atoms with Crippen molar-refractivity contribution >= 4 is 22.9 Å². The summed E-state index contributed by atoms with van der Waals surface area (Å²) in [5, 5.41) is 11.2. The van der Waals surface area contributed by atoms with E-state index in [0.717, 1.165) is 56.4 Å². The van der Waals surface area contributed by atoms with Gasteiger partial charge in [-0.1, -0.05) is 29.8 Å². The lowest BCUT2D eigenvalue weighted by atomic mass is 9.92. The van der Waals surface area contributed by atoms with Gasteiger partial charge in [0.2, 0.25) is 0 Å². The van der Waals surface area contributed by atoms with Gasteiger partial charge in [0.1, 0.15) is 10.8 Å². The fraction of sp³-hybridized carbons (Fsp3) is 0.273. The summed E-state index contributed by atoms with van der Waals surface area (Å²) in [4.78, 5) is 6.14. The molecule has 0 amide bonds. The molecule has 0 saturated heterocycles. The molecule has 27 heavy (non-hydrogen) atoms. The van der Waals surface area contributed by atoms with Gasteiger partial charge < -0.3 is 4.74 Å². The highest BCUT2D eigenvalue weighted by molar-refractivity contribution is 7.12. The van der Waals surface area contributed by atoms with Crippen LogP contribution in [0.3, 0.4) is 0 Å². The molecule has 3 nitrogen and oxygen atoms in total. The zero-order valence-electron chi connectivity index (χ0n) is 15.5. The van der Waals surface area contributed by atoms with E-state index < -0.39 is 0 Å². The molecular formula is C22H19ClN2OS. The van der Waals surface area contributed by atoms with Crippen molar-refractivity contribution in [1.29, 1.82) is 5.26 Å². The number of methoxy groups -OCH3 is 1. The van der Waals surface area contributed by atoms with Gasteiger partial charge in [-0.05, 0) is 56.0 Å². The number of ether oxygens (including phenoxy) is 1. The molecule has 0 atom stereocenters. The third-order valence-corrected chi connectivity index (χ3v) is 6.75. The van der Waals surface area contributed by atoms with Gasteiger partial charge >= 0.3 is 0 Å². The number of hydrogen-bond acceptors (Lipinski definition) is 4. The van der Waals surface area contributed by atoms with Crippen LogP contribution in [0, 0.1) is 25.2 Å². The van der Waals surface area contributed by atoms with Gasteiger partial charge in [-0.25, -0.2) is 4.98 Å². The van der Waals surface area contributed by atoms with Crippen LogP contribution in [0.2, 0.25) is 5.02 Å². The summed E-state index contributed by atoms with van der Waals surface area (Å²) in [6, 6.07) is 14.1. The van der Waals surface area contributed by atoms with Crippen LogP contribution in [0.5, 0.6) is 5.75 Å². The maximum atomic E-state index is 9.51. The van der Waals surface area contributed by atoms with Crippen molar-refractivity contribution in [3.63, 3.8) is 0 Å². The van der Waals surface area contributed by atoms with Crippen molar-refractivity contribution in [3.8, 4) is 23.1 Å². The predicted molar refractivity (Wildman–Crippen MR) is 110 cm³/mol. The fourth-order valence-electron chi connectivity index (χ4n) is 3.64. The molecule has 0 bridgehead atoms. The van der Waals surface area contributed by atoms with Gasteiger partial charge in [0.05, 0.1) is 29.5 Å². The minimum atomic E-state index is -0.131. The van der Waals surface area contributed by atoms with Crippen molar-refractivity contribution in [2.24, 2.45) is 0 Å². The lowest BCUT2D eigenvalue weighted by Gasteiger charge is -2.14. The molecule has 0 unspecified atom stereocenters. The van der Waals surface area contributed by atoms with Crippen molar-refractivity contribution in [2.75, 3.05) is 7.11 Å². The van der Waals surface area contributed by atoms with Gasteiger partial charge in [0.25, 0.3) is 0 Å². The Morgan fingerprint density at radius 1 is 1.22 bits per heavy atom.